The Kier molecular flexibility index (Phi) is 61.3. The first-order valence-corrected chi connectivity index (χ1v) is 34.6. The monoisotopic (exact) mass is 1570 g/mol. The van der Waals surface area contributed by atoms with Gasteiger partial charge < -0.3 is 54.8 Å². The zero-order valence-corrected chi connectivity index (χ0v) is 63.5. The zero-order valence-electron chi connectivity index (χ0n) is 63.5. The van der Waals surface area contributed by atoms with Gasteiger partial charge in [-0.1, -0.05) is 202 Å². The number of halogens is 6. The summed E-state index contributed by atoms with van der Waals surface area (Å²) in [5.41, 5.74) is 12.7. The van der Waals surface area contributed by atoms with Crippen LogP contribution in [-0.2, 0) is 80.4 Å². The first kappa shape index (κ1) is 107. The Morgan fingerprint density at radius 1 is 0.527 bits per heavy atom. The lowest BCUT2D eigenvalue weighted by molar-refractivity contribution is -0.385. The largest absolute Gasteiger partial charge is 0.542 e. The molecule has 112 heavy (non-hydrogen) atoms. The van der Waals surface area contributed by atoms with E-state index >= 15 is 0 Å². The quantitative estimate of drug-likeness (QED) is 0.00781. The van der Waals surface area contributed by atoms with Gasteiger partial charge in [0.2, 0.25) is 0 Å². The highest BCUT2D eigenvalue weighted by Gasteiger charge is 2.30. The SMILES string of the molecule is C.C.CC(C)=CCC/C(C)=C/C=O.CC(C)=CCCC(C)CC=O.CCOC(=O)C1=C(C)NC(C)=C(C(=O)OCC)C1.O=C([O-])C(F)(F)F.O=C([O-])C(F)(F)F.O=C/C=C/c1ccccc1[N+](=O)[O-].O=CCCc1ccccc1[N+](=O)[O-].c1ccc(CNCc2ccccc2)cc1.c1ccc(CNCc2ccccc2)cc1. The van der Waals surface area contributed by atoms with Crippen LogP contribution < -0.4 is 26.2 Å². The van der Waals surface area contributed by atoms with Crippen molar-refractivity contribution in [1.29, 1.82) is 0 Å². The third-order valence-corrected chi connectivity index (χ3v) is 14.2. The smallest absolute Gasteiger partial charge is 0.430 e. The van der Waals surface area contributed by atoms with Crippen LogP contribution >= 0.6 is 0 Å². The molecule has 0 aliphatic carbocycles. The number of nitro benzene ring substituents is 2. The van der Waals surface area contributed by atoms with Crippen molar-refractivity contribution in [2.75, 3.05) is 13.2 Å². The topological polar surface area (TPSA) is 324 Å². The number of aldehydes is 4. The van der Waals surface area contributed by atoms with Crippen molar-refractivity contribution < 1.29 is 94.2 Å². The number of carboxylic acid groups (broad SMARTS) is 2. The molecule has 0 fully saturated rings. The Morgan fingerprint density at radius 3 is 1.21 bits per heavy atom. The number of para-hydroxylation sites is 2. The Morgan fingerprint density at radius 2 is 0.884 bits per heavy atom. The lowest BCUT2D eigenvalue weighted by Crippen LogP contribution is -2.37. The standard InChI is InChI=1S/2C14H15N.C13H19NO4.C10H18O.C10H16O.C9H9NO3.C9H7NO3.2C2HF3O2.2CH4/c2*1-3-7-13(8-4-1)11-15-12-14-9-5-2-6-10-14;1-5-17-12(15)10-7-11(13(16)18-6-2)9(4)14-8(10)3;2*1-9(2)5-4-6-10(3)7-8-11;2*11-7-3-5-8-4-1-2-6-9(8)10(12)13;2*3-2(4,5)1(6)7;;/h2*1-10,15H,11-12H2;14H,5-7H2,1-4H3;5,8,10H,4,6-7H2,1-3H3;5,7-8H,4,6H2,1-3H3;1-2,4,6-7H,3,5H2;1-7H;2*(H,6,7);2*1H4/p-2/b;;;;10-7+;;5-3+;;;;. The van der Waals surface area contributed by atoms with Crippen LogP contribution in [0, 0.1) is 26.1 Å². The van der Waals surface area contributed by atoms with Crippen LogP contribution in [0.1, 0.15) is 162 Å². The van der Waals surface area contributed by atoms with E-state index in [4.69, 9.17) is 29.3 Å². The minimum atomic E-state index is -5.19. The van der Waals surface area contributed by atoms with Crippen LogP contribution in [0.4, 0.5) is 37.7 Å². The molecule has 0 bridgehead atoms. The number of carbonyl (C=O) groups is 8. The molecule has 7 rings (SSSR count). The van der Waals surface area contributed by atoms with Crippen molar-refractivity contribution >= 4 is 66.5 Å². The molecule has 0 radical (unpaired) electrons. The molecule has 1 aliphatic heterocycles. The highest BCUT2D eigenvalue weighted by molar-refractivity contribution is 5.96. The second kappa shape index (κ2) is 64.3. The Balaban J connectivity index is -0.000000592. The molecule has 27 heteroatoms. The van der Waals surface area contributed by atoms with E-state index in [1.54, 1.807) is 70.2 Å². The average molecular weight is 1570 g/mol. The van der Waals surface area contributed by atoms with Crippen LogP contribution in [-0.4, -0.2) is 84.4 Å². The number of benzene rings is 6. The lowest BCUT2D eigenvalue weighted by atomic mass is 9.98. The predicted molar refractivity (Wildman–Crippen MR) is 422 cm³/mol. The van der Waals surface area contributed by atoms with Gasteiger partial charge in [-0.15, -0.1) is 0 Å². The fourth-order valence-electron chi connectivity index (χ4n) is 8.63. The second-order valence-electron chi connectivity index (χ2n) is 23.9. The molecule has 0 amide bonds. The number of esters is 2. The van der Waals surface area contributed by atoms with E-state index in [1.807, 2.05) is 31.2 Å². The van der Waals surface area contributed by atoms with Gasteiger partial charge in [-0.3, -0.25) is 29.8 Å². The van der Waals surface area contributed by atoms with Crippen LogP contribution in [0.15, 0.2) is 233 Å². The minimum Gasteiger partial charge on any atom is -0.542 e. The van der Waals surface area contributed by atoms with E-state index in [1.165, 1.54) is 57.7 Å². The molecule has 21 nitrogen and oxygen atoms in total. The summed E-state index contributed by atoms with van der Waals surface area (Å²) in [7, 11) is 0. The first-order valence-electron chi connectivity index (χ1n) is 34.6. The van der Waals surface area contributed by atoms with Gasteiger partial charge in [0.15, 0.2) is 0 Å². The first-order chi connectivity index (χ1) is 52.1. The number of rotatable bonds is 28. The number of nitrogens with zero attached hydrogens (tertiary/aromatic N) is 2. The molecule has 0 aromatic heterocycles. The van der Waals surface area contributed by atoms with Crippen molar-refractivity contribution in [2.24, 2.45) is 5.92 Å². The Bertz CT molecular complexity index is 3670. The number of nitro groups is 2. The number of aryl methyl sites for hydroxylation is 1. The molecule has 0 saturated heterocycles. The van der Waals surface area contributed by atoms with E-state index < -0.39 is 46.1 Å². The predicted octanol–water partition coefficient (Wildman–Crippen LogP) is 16.8. The summed E-state index contributed by atoms with van der Waals surface area (Å²) >= 11 is 0. The van der Waals surface area contributed by atoms with Crippen molar-refractivity contribution in [1.82, 2.24) is 16.0 Å². The maximum atomic E-state index is 11.7. The van der Waals surface area contributed by atoms with Crippen LogP contribution in [0.3, 0.4) is 0 Å². The third kappa shape index (κ3) is 54.9. The number of carboxylic acids is 2. The number of hydrogen-bond acceptors (Lipinski definition) is 19. The maximum Gasteiger partial charge on any atom is 0.430 e. The molecule has 3 N–H and O–H groups in total. The molecule has 6 aromatic carbocycles. The number of carbonyl (C=O) groups excluding carboxylic acids is 8. The molecular formula is C85H107F6N5O16-2. The summed E-state index contributed by atoms with van der Waals surface area (Å²) in [5.74, 6) is -6.25. The number of ether oxygens (including phenoxy) is 2. The number of nitrogens with one attached hydrogen (secondary N) is 3. The molecule has 1 heterocycles. The van der Waals surface area contributed by atoms with Gasteiger partial charge in [0.1, 0.15) is 37.1 Å². The van der Waals surface area contributed by atoms with Gasteiger partial charge in [0, 0.05) is 74.5 Å². The zero-order chi connectivity index (χ0) is 83.3. The molecule has 0 spiro atoms. The van der Waals surface area contributed by atoms with Crippen molar-refractivity contribution in [2.45, 2.75) is 174 Å². The Hall–Kier alpha value is -11.6. The summed E-state index contributed by atoms with van der Waals surface area (Å²) in [6.45, 7) is 23.9. The molecule has 612 valence electrons. The van der Waals surface area contributed by atoms with Crippen molar-refractivity contribution in [3.63, 3.8) is 0 Å². The average Bonchev–Trinajstić information content (AvgIpc) is 0.818. The summed E-state index contributed by atoms with van der Waals surface area (Å²) in [4.78, 5) is 101. The maximum absolute atomic E-state index is 11.7. The van der Waals surface area contributed by atoms with Gasteiger partial charge >= 0.3 is 24.3 Å². The number of hydrogen-bond donors (Lipinski definition) is 3. The van der Waals surface area contributed by atoms with E-state index in [0.29, 0.717) is 67.0 Å². The molecule has 1 atom stereocenters. The number of aliphatic carboxylic acids is 2. The number of allylic oxidation sites excluding steroid dienone is 9. The minimum absolute atomic E-state index is 0. The second-order valence-corrected chi connectivity index (χ2v) is 23.9. The molecular weight excluding hydrogens is 1460 g/mol. The van der Waals surface area contributed by atoms with Gasteiger partial charge in [0.25, 0.3) is 11.4 Å². The summed E-state index contributed by atoms with van der Waals surface area (Å²) < 4.78 is 73.0. The van der Waals surface area contributed by atoms with Crippen molar-refractivity contribution in [3.05, 3.63) is 287 Å². The van der Waals surface area contributed by atoms with Crippen molar-refractivity contribution in [3.8, 4) is 0 Å². The highest BCUT2D eigenvalue weighted by atomic mass is 19.4. The van der Waals surface area contributed by atoms with E-state index in [9.17, 15) is 75.3 Å². The Labute approximate surface area is 654 Å². The highest BCUT2D eigenvalue weighted by Crippen LogP contribution is 2.25. The third-order valence-electron chi connectivity index (χ3n) is 14.2. The van der Waals surface area contributed by atoms with Crippen LogP contribution in [0.5, 0.6) is 0 Å². The number of dihydropyridines is 1. The van der Waals surface area contributed by atoms with Gasteiger partial charge in [0.05, 0.1) is 39.8 Å². The normalized spacial score (nSPS) is 11.2. The van der Waals surface area contributed by atoms with Gasteiger partial charge in [-0.25, -0.2) is 9.59 Å². The van der Waals surface area contributed by atoms with Crippen LogP contribution in [0.25, 0.3) is 6.08 Å². The molecule has 1 unspecified atom stereocenters. The van der Waals surface area contributed by atoms with E-state index in [2.05, 4.69) is 160 Å². The van der Waals surface area contributed by atoms with E-state index in [0.717, 1.165) is 87.7 Å². The summed E-state index contributed by atoms with van der Waals surface area (Å²) in [6.07, 6.45) is 7.45. The van der Waals surface area contributed by atoms with E-state index in [-0.39, 0.29) is 32.6 Å². The number of alkyl halides is 6. The molecule has 1 aliphatic rings. The van der Waals surface area contributed by atoms with Gasteiger partial charge in [-0.05, 0) is 147 Å². The van der Waals surface area contributed by atoms with Crippen LogP contribution in [0.2, 0.25) is 0 Å². The lowest BCUT2D eigenvalue weighted by Gasteiger charge is -2.22. The van der Waals surface area contributed by atoms with Gasteiger partial charge in [-0.2, -0.15) is 26.3 Å². The summed E-state index contributed by atoms with van der Waals surface area (Å²) in [6, 6.07) is 54.5. The molecule has 0 saturated carbocycles. The fraction of sp³-hybridized carbons (Fsp3) is 0.341. The fourth-order valence-corrected chi connectivity index (χ4v) is 8.63. The molecule has 6 aromatic rings. The summed E-state index contributed by atoms with van der Waals surface area (Å²) in [5, 5.41) is 48.4.